The van der Waals surface area contributed by atoms with Gasteiger partial charge in [0.25, 0.3) is 0 Å². The van der Waals surface area contributed by atoms with E-state index in [0.29, 0.717) is 6.54 Å². The topological polar surface area (TPSA) is 64.4 Å². The van der Waals surface area contributed by atoms with Gasteiger partial charge in [-0.3, -0.25) is 4.79 Å². The maximum Gasteiger partial charge on any atom is 0.231 e. The first-order valence-corrected chi connectivity index (χ1v) is 6.70. The molecular formula is C16H16F2N2O2. The third-order valence-electron chi connectivity index (χ3n) is 2.95. The summed E-state index contributed by atoms with van der Waals surface area (Å²) in [6.07, 6.45) is 0. The average molecular weight is 306 g/mol. The number of benzene rings is 2. The first-order chi connectivity index (χ1) is 10.6. The summed E-state index contributed by atoms with van der Waals surface area (Å²) in [5.74, 6) is -2.26. The van der Waals surface area contributed by atoms with Crippen molar-refractivity contribution in [1.82, 2.24) is 5.32 Å². The second kappa shape index (κ2) is 7.51. The molecule has 22 heavy (non-hydrogen) atoms. The number of hydrogen-bond donors (Lipinski definition) is 2. The summed E-state index contributed by atoms with van der Waals surface area (Å²) in [5, 5.41) is 2.89. The van der Waals surface area contributed by atoms with Crippen LogP contribution in [0.25, 0.3) is 0 Å². The van der Waals surface area contributed by atoms with Crippen molar-refractivity contribution in [3.05, 3.63) is 65.2 Å². The molecule has 0 radical (unpaired) electrons. The van der Waals surface area contributed by atoms with Gasteiger partial charge in [-0.1, -0.05) is 30.3 Å². The molecule has 0 spiro atoms. The van der Waals surface area contributed by atoms with Gasteiger partial charge >= 0.3 is 0 Å². The Bertz CT molecular complexity index is 625. The summed E-state index contributed by atoms with van der Waals surface area (Å²) < 4.78 is 32.0. The Balaban J connectivity index is 1.90. The lowest BCUT2D eigenvalue weighted by Crippen LogP contribution is -2.28. The van der Waals surface area contributed by atoms with Crippen LogP contribution in [0.5, 0.6) is 5.75 Å². The lowest BCUT2D eigenvalue weighted by molar-refractivity contribution is -0.117. The van der Waals surface area contributed by atoms with E-state index in [2.05, 4.69) is 5.32 Å². The molecule has 0 bridgehead atoms. The van der Waals surface area contributed by atoms with E-state index in [1.807, 2.05) is 12.1 Å². The van der Waals surface area contributed by atoms with E-state index in [1.165, 1.54) is 6.07 Å². The second-order valence-corrected chi connectivity index (χ2v) is 4.73. The van der Waals surface area contributed by atoms with Crippen molar-refractivity contribution in [2.24, 2.45) is 5.73 Å². The minimum Gasteiger partial charge on any atom is -0.483 e. The number of halogens is 2. The first kappa shape index (κ1) is 15.9. The fourth-order valence-corrected chi connectivity index (χ4v) is 1.86. The predicted molar refractivity (Wildman–Crippen MR) is 78.0 cm³/mol. The summed E-state index contributed by atoms with van der Waals surface area (Å²) >= 11 is 0. The SMILES string of the molecule is NC(=O)CNCc1ccc(COc2c(F)cccc2F)cc1. The van der Waals surface area contributed by atoms with Gasteiger partial charge in [0.2, 0.25) is 5.91 Å². The van der Waals surface area contributed by atoms with Gasteiger partial charge < -0.3 is 15.8 Å². The van der Waals surface area contributed by atoms with Gasteiger partial charge in [-0.15, -0.1) is 0 Å². The molecule has 2 aromatic carbocycles. The van der Waals surface area contributed by atoms with Gasteiger partial charge in [-0.2, -0.15) is 0 Å². The Hall–Kier alpha value is -2.47. The number of nitrogens with two attached hydrogens (primary N) is 1. The Morgan fingerprint density at radius 1 is 1.05 bits per heavy atom. The minimum absolute atomic E-state index is 0.0623. The number of nitrogens with one attached hydrogen (secondary N) is 1. The monoisotopic (exact) mass is 306 g/mol. The van der Waals surface area contributed by atoms with Gasteiger partial charge in [-0.25, -0.2) is 8.78 Å². The van der Waals surface area contributed by atoms with Crippen molar-refractivity contribution in [2.45, 2.75) is 13.2 Å². The van der Waals surface area contributed by atoms with Gasteiger partial charge in [-0.05, 0) is 23.3 Å². The third-order valence-corrected chi connectivity index (χ3v) is 2.95. The zero-order chi connectivity index (χ0) is 15.9. The largest absolute Gasteiger partial charge is 0.483 e. The number of hydrogen-bond acceptors (Lipinski definition) is 3. The van der Waals surface area contributed by atoms with E-state index in [-0.39, 0.29) is 18.9 Å². The number of carbonyl (C=O) groups is 1. The number of para-hydroxylation sites is 1. The van der Waals surface area contributed by atoms with Crippen LogP contribution < -0.4 is 15.8 Å². The Morgan fingerprint density at radius 3 is 2.23 bits per heavy atom. The Kier molecular flexibility index (Phi) is 5.43. The average Bonchev–Trinajstić information content (AvgIpc) is 2.48. The molecule has 2 aromatic rings. The van der Waals surface area contributed by atoms with Crippen LogP contribution in [-0.2, 0) is 17.9 Å². The smallest absolute Gasteiger partial charge is 0.231 e. The molecule has 0 saturated carbocycles. The normalized spacial score (nSPS) is 10.5. The van der Waals surface area contributed by atoms with E-state index in [9.17, 15) is 13.6 Å². The molecule has 0 atom stereocenters. The fourth-order valence-electron chi connectivity index (χ4n) is 1.86. The molecule has 4 nitrogen and oxygen atoms in total. The van der Waals surface area contributed by atoms with E-state index < -0.39 is 17.5 Å². The minimum atomic E-state index is -0.729. The molecule has 2 rings (SSSR count). The van der Waals surface area contributed by atoms with Crippen molar-refractivity contribution in [3.8, 4) is 5.75 Å². The van der Waals surface area contributed by atoms with Crippen LogP contribution in [0.2, 0.25) is 0 Å². The standard InChI is InChI=1S/C16H16F2N2O2/c17-13-2-1-3-14(18)16(13)22-10-12-6-4-11(5-7-12)8-20-9-15(19)21/h1-7,20H,8-10H2,(H2,19,21). The van der Waals surface area contributed by atoms with Gasteiger partial charge in [0.1, 0.15) is 6.61 Å². The molecule has 0 aromatic heterocycles. The van der Waals surface area contributed by atoms with Gasteiger partial charge in [0, 0.05) is 6.54 Å². The van der Waals surface area contributed by atoms with Crippen LogP contribution in [0.1, 0.15) is 11.1 Å². The summed E-state index contributed by atoms with van der Waals surface area (Å²) in [5.41, 5.74) is 6.76. The van der Waals surface area contributed by atoms with E-state index in [0.717, 1.165) is 23.3 Å². The summed E-state index contributed by atoms with van der Waals surface area (Å²) in [7, 11) is 0. The third kappa shape index (κ3) is 4.53. The van der Waals surface area contributed by atoms with E-state index >= 15 is 0 Å². The summed E-state index contributed by atoms with van der Waals surface area (Å²) in [6.45, 7) is 0.677. The molecule has 6 heteroatoms. The number of primary amides is 1. The van der Waals surface area contributed by atoms with Crippen molar-refractivity contribution in [1.29, 1.82) is 0 Å². The van der Waals surface area contributed by atoms with Crippen LogP contribution in [0.3, 0.4) is 0 Å². The predicted octanol–water partition coefficient (Wildman–Crippen LogP) is 2.12. The molecule has 116 valence electrons. The quantitative estimate of drug-likeness (QED) is 0.823. The highest BCUT2D eigenvalue weighted by Crippen LogP contribution is 2.22. The van der Waals surface area contributed by atoms with E-state index in [4.69, 9.17) is 10.5 Å². The molecule has 0 unspecified atom stereocenters. The van der Waals surface area contributed by atoms with Crippen LogP contribution in [0.4, 0.5) is 8.78 Å². The molecule has 0 saturated heterocycles. The second-order valence-electron chi connectivity index (χ2n) is 4.73. The van der Waals surface area contributed by atoms with E-state index in [1.54, 1.807) is 12.1 Å². The maximum atomic E-state index is 13.4. The van der Waals surface area contributed by atoms with Crippen molar-refractivity contribution in [3.63, 3.8) is 0 Å². The zero-order valence-electron chi connectivity index (χ0n) is 11.8. The summed E-state index contributed by atoms with van der Waals surface area (Å²) in [4.78, 5) is 10.6. The number of amides is 1. The van der Waals surface area contributed by atoms with Crippen molar-refractivity contribution in [2.75, 3.05) is 6.54 Å². The molecule has 0 aliphatic heterocycles. The van der Waals surface area contributed by atoms with Gasteiger partial charge in [0.15, 0.2) is 17.4 Å². The van der Waals surface area contributed by atoms with Crippen LogP contribution in [0, 0.1) is 11.6 Å². The maximum absolute atomic E-state index is 13.4. The molecule has 0 heterocycles. The molecule has 3 N–H and O–H groups in total. The molecule has 0 aliphatic carbocycles. The Labute approximate surface area is 126 Å². The fraction of sp³-hybridized carbons (Fsp3) is 0.188. The highest BCUT2D eigenvalue weighted by molar-refractivity contribution is 5.75. The molecule has 1 amide bonds. The first-order valence-electron chi connectivity index (χ1n) is 6.70. The highest BCUT2D eigenvalue weighted by atomic mass is 19.1. The summed E-state index contributed by atoms with van der Waals surface area (Å²) in [6, 6.07) is 10.8. The molecular weight excluding hydrogens is 290 g/mol. The number of carbonyl (C=O) groups excluding carboxylic acids is 1. The lowest BCUT2D eigenvalue weighted by atomic mass is 10.1. The molecule has 0 fully saturated rings. The van der Waals surface area contributed by atoms with Crippen molar-refractivity contribution < 1.29 is 18.3 Å². The zero-order valence-corrected chi connectivity index (χ0v) is 11.8. The van der Waals surface area contributed by atoms with Crippen molar-refractivity contribution >= 4 is 5.91 Å². The number of rotatable bonds is 7. The number of ether oxygens (including phenoxy) is 1. The Morgan fingerprint density at radius 2 is 1.64 bits per heavy atom. The van der Waals surface area contributed by atoms with Crippen LogP contribution in [0.15, 0.2) is 42.5 Å². The lowest BCUT2D eigenvalue weighted by Gasteiger charge is -2.09. The van der Waals surface area contributed by atoms with Gasteiger partial charge in [0.05, 0.1) is 6.54 Å². The molecule has 0 aliphatic rings. The van der Waals surface area contributed by atoms with Crippen LogP contribution >= 0.6 is 0 Å². The van der Waals surface area contributed by atoms with Crippen LogP contribution in [-0.4, -0.2) is 12.5 Å². The highest BCUT2D eigenvalue weighted by Gasteiger charge is 2.09.